The van der Waals surface area contributed by atoms with Gasteiger partial charge in [-0.05, 0) is 25.3 Å². The maximum Gasteiger partial charge on any atom is 0.231 e. The molecule has 2 aliphatic rings. The molecular formula is C17H19N3O3. The van der Waals surface area contributed by atoms with Crippen LogP contribution < -0.4 is 4.74 Å². The molecule has 1 aromatic carbocycles. The zero-order valence-electron chi connectivity index (χ0n) is 13.1. The van der Waals surface area contributed by atoms with E-state index >= 15 is 0 Å². The number of amides is 1. The van der Waals surface area contributed by atoms with Gasteiger partial charge in [0.25, 0.3) is 0 Å². The SMILES string of the molecule is Cc1nc([C@H]2CCCN2C(=O)[C@H]2CCOc3ccccc32)no1. The van der Waals surface area contributed by atoms with E-state index in [4.69, 9.17) is 9.26 Å². The fraction of sp³-hybridized carbons (Fsp3) is 0.471. The molecule has 0 spiro atoms. The monoisotopic (exact) mass is 313 g/mol. The maximum atomic E-state index is 13.1. The number of carbonyl (C=O) groups excluding carboxylic acids is 1. The van der Waals surface area contributed by atoms with Crippen LogP contribution in [0.2, 0.25) is 0 Å². The van der Waals surface area contributed by atoms with Crippen LogP contribution in [0, 0.1) is 6.92 Å². The Morgan fingerprint density at radius 1 is 1.30 bits per heavy atom. The largest absolute Gasteiger partial charge is 0.493 e. The number of benzene rings is 1. The van der Waals surface area contributed by atoms with Crippen LogP contribution >= 0.6 is 0 Å². The molecule has 0 bridgehead atoms. The Morgan fingerprint density at radius 2 is 2.17 bits per heavy atom. The fourth-order valence-corrected chi connectivity index (χ4v) is 3.55. The summed E-state index contributed by atoms with van der Waals surface area (Å²) in [5.74, 6) is 1.98. The van der Waals surface area contributed by atoms with Crippen molar-refractivity contribution in [1.82, 2.24) is 15.0 Å². The van der Waals surface area contributed by atoms with Crippen LogP contribution in [0.15, 0.2) is 28.8 Å². The number of ether oxygens (including phenoxy) is 1. The molecule has 120 valence electrons. The zero-order valence-corrected chi connectivity index (χ0v) is 13.1. The number of fused-ring (bicyclic) bond motifs is 1. The van der Waals surface area contributed by atoms with Crippen LogP contribution in [0.5, 0.6) is 5.75 Å². The Bertz CT molecular complexity index is 727. The first-order valence-corrected chi connectivity index (χ1v) is 8.06. The minimum Gasteiger partial charge on any atom is -0.493 e. The van der Waals surface area contributed by atoms with Gasteiger partial charge in [0.2, 0.25) is 11.8 Å². The molecule has 3 heterocycles. The normalized spacial score (nSPS) is 23.4. The summed E-state index contributed by atoms with van der Waals surface area (Å²) in [6, 6.07) is 7.74. The molecule has 6 heteroatoms. The average Bonchev–Trinajstić information content (AvgIpc) is 3.22. The van der Waals surface area contributed by atoms with Crippen molar-refractivity contribution in [3.8, 4) is 5.75 Å². The van der Waals surface area contributed by atoms with E-state index in [-0.39, 0.29) is 17.9 Å². The molecule has 2 aromatic rings. The van der Waals surface area contributed by atoms with Gasteiger partial charge in [-0.2, -0.15) is 4.98 Å². The smallest absolute Gasteiger partial charge is 0.231 e. The Labute approximate surface area is 134 Å². The number of likely N-dealkylation sites (tertiary alicyclic amines) is 1. The van der Waals surface area contributed by atoms with Crippen LogP contribution in [-0.2, 0) is 4.79 Å². The third-order valence-electron chi connectivity index (χ3n) is 4.63. The Morgan fingerprint density at radius 3 is 3.00 bits per heavy atom. The second kappa shape index (κ2) is 5.68. The van der Waals surface area contributed by atoms with Gasteiger partial charge in [0, 0.05) is 19.0 Å². The van der Waals surface area contributed by atoms with Gasteiger partial charge in [-0.3, -0.25) is 4.79 Å². The number of hydrogen-bond donors (Lipinski definition) is 0. The first-order chi connectivity index (χ1) is 11.2. The molecule has 1 fully saturated rings. The summed E-state index contributed by atoms with van der Waals surface area (Å²) in [5, 5.41) is 4.02. The van der Waals surface area contributed by atoms with E-state index in [2.05, 4.69) is 10.1 Å². The molecular weight excluding hydrogens is 294 g/mol. The van der Waals surface area contributed by atoms with Crippen molar-refractivity contribution in [2.75, 3.05) is 13.2 Å². The molecule has 1 aromatic heterocycles. The third kappa shape index (κ3) is 2.48. The average molecular weight is 313 g/mol. The van der Waals surface area contributed by atoms with Gasteiger partial charge in [0.15, 0.2) is 5.82 Å². The van der Waals surface area contributed by atoms with Crippen molar-refractivity contribution in [1.29, 1.82) is 0 Å². The standard InChI is InChI=1S/C17H19N3O3/c1-11-18-16(19-23-11)14-6-4-9-20(14)17(21)13-8-10-22-15-7-3-2-5-12(13)15/h2-3,5,7,13-14H,4,6,8-10H2,1H3/t13-,14+/m0/s1. The van der Waals surface area contributed by atoms with Gasteiger partial charge in [-0.1, -0.05) is 23.4 Å². The highest BCUT2D eigenvalue weighted by Crippen LogP contribution is 2.38. The fourth-order valence-electron chi connectivity index (χ4n) is 3.55. The van der Waals surface area contributed by atoms with Crippen molar-refractivity contribution >= 4 is 5.91 Å². The van der Waals surface area contributed by atoms with E-state index in [1.807, 2.05) is 29.2 Å². The minimum atomic E-state index is -0.145. The number of carbonyl (C=O) groups is 1. The van der Waals surface area contributed by atoms with Gasteiger partial charge >= 0.3 is 0 Å². The van der Waals surface area contributed by atoms with Crippen LogP contribution in [0.4, 0.5) is 0 Å². The molecule has 0 radical (unpaired) electrons. The van der Waals surface area contributed by atoms with Gasteiger partial charge in [-0.15, -0.1) is 0 Å². The second-order valence-corrected chi connectivity index (χ2v) is 6.09. The third-order valence-corrected chi connectivity index (χ3v) is 4.63. The molecule has 0 saturated carbocycles. The highest BCUT2D eigenvalue weighted by atomic mass is 16.5. The molecule has 2 aliphatic heterocycles. The molecule has 2 atom stereocenters. The number of aromatic nitrogens is 2. The summed E-state index contributed by atoms with van der Waals surface area (Å²) in [6.07, 6.45) is 2.56. The highest BCUT2D eigenvalue weighted by Gasteiger charge is 2.38. The number of nitrogens with zero attached hydrogens (tertiary/aromatic N) is 3. The summed E-state index contributed by atoms with van der Waals surface area (Å²) in [6.45, 7) is 3.09. The molecule has 0 aliphatic carbocycles. The maximum absolute atomic E-state index is 13.1. The van der Waals surface area contributed by atoms with E-state index in [1.165, 1.54) is 0 Å². The number of para-hydroxylation sites is 1. The molecule has 4 rings (SSSR count). The lowest BCUT2D eigenvalue weighted by Crippen LogP contribution is -2.37. The van der Waals surface area contributed by atoms with Crippen molar-refractivity contribution in [2.45, 2.75) is 38.1 Å². The Balaban J connectivity index is 1.62. The van der Waals surface area contributed by atoms with E-state index in [0.29, 0.717) is 24.7 Å². The molecule has 6 nitrogen and oxygen atoms in total. The van der Waals surface area contributed by atoms with Gasteiger partial charge in [0.05, 0.1) is 18.6 Å². The van der Waals surface area contributed by atoms with Crippen LogP contribution in [0.3, 0.4) is 0 Å². The lowest BCUT2D eigenvalue weighted by Gasteiger charge is -2.30. The molecule has 1 saturated heterocycles. The van der Waals surface area contributed by atoms with E-state index in [1.54, 1.807) is 6.92 Å². The molecule has 0 N–H and O–H groups in total. The van der Waals surface area contributed by atoms with Crippen molar-refractivity contribution in [3.63, 3.8) is 0 Å². The first-order valence-electron chi connectivity index (χ1n) is 8.06. The van der Waals surface area contributed by atoms with Gasteiger partial charge in [-0.25, -0.2) is 0 Å². The summed E-state index contributed by atoms with van der Waals surface area (Å²) in [4.78, 5) is 19.4. The molecule has 1 amide bonds. The highest BCUT2D eigenvalue weighted by molar-refractivity contribution is 5.85. The lowest BCUT2D eigenvalue weighted by atomic mass is 9.91. The summed E-state index contributed by atoms with van der Waals surface area (Å²) in [7, 11) is 0. The molecule has 0 unspecified atom stereocenters. The Kier molecular flexibility index (Phi) is 3.52. The van der Waals surface area contributed by atoms with E-state index < -0.39 is 0 Å². The minimum absolute atomic E-state index is 0.0741. The topological polar surface area (TPSA) is 68.5 Å². The number of aryl methyl sites for hydroxylation is 1. The van der Waals surface area contributed by atoms with Gasteiger partial charge < -0.3 is 14.2 Å². The second-order valence-electron chi connectivity index (χ2n) is 6.09. The molecule has 23 heavy (non-hydrogen) atoms. The van der Waals surface area contributed by atoms with Crippen molar-refractivity contribution in [3.05, 3.63) is 41.5 Å². The van der Waals surface area contributed by atoms with Crippen LogP contribution in [0.1, 0.15) is 48.5 Å². The zero-order chi connectivity index (χ0) is 15.8. The predicted molar refractivity (Wildman–Crippen MR) is 82.0 cm³/mol. The van der Waals surface area contributed by atoms with Crippen LogP contribution in [0.25, 0.3) is 0 Å². The number of hydrogen-bond acceptors (Lipinski definition) is 5. The van der Waals surface area contributed by atoms with Crippen LogP contribution in [-0.4, -0.2) is 34.1 Å². The van der Waals surface area contributed by atoms with E-state index in [9.17, 15) is 4.79 Å². The van der Waals surface area contributed by atoms with E-state index in [0.717, 1.165) is 30.7 Å². The summed E-state index contributed by atoms with van der Waals surface area (Å²) in [5.41, 5.74) is 0.985. The van der Waals surface area contributed by atoms with Gasteiger partial charge in [0.1, 0.15) is 5.75 Å². The quantitative estimate of drug-likeness (QED) is 0.852. The number of rotatable bonds is 2. The first kappa shape index (κ1) is 14.2. The summed E-state index contributed by atoms with van der Waals surface area (Å²) >= 11 is 0. The van der Waals surface area contributed by atoms with Crippen molar-refractivity contribution < 1.29 is 14.1 Å². The lowest BCUT2D eigenvalue weighted by molar-refractivity contribution is -0.134. The summed E-state index contributed by atoms with van der Waals surface area (Å²) < 4.78 is 10.8. The Hall–Kier alpha value is -2.37. The van der Waals surface area contributed by atoms with Crippen molar-refractivity contribution in [2.24, 2.45) is 0 Å². The predicted octanol–water partition coefficient (Wildman–Crippen LogP) is 2.61.